The van der Waals surface area contributed by atoms with Gasteiger partial charge >= 0.3 is 5.97 Å². The summed E-state index contributed by atoms with van der Waals surface area (Å²) < 4.78 is 4.97. The first kappa shape index (κ1) is 16.0. The molecule has 21 heavy (non-hydrogen) atoms. The molecule has 1 aromatic heterocycles. The number of esters is 1. The lowest BCUT2D eigenvalue weighted by atomic mass is 9.94. The van der Waals surface area contributed by atoms with Crippen LogP contribution in [0.25, 0.3) is 0 Å². The number of hydrogen-bond acceptors (Lipinski definition) is 5. The van der Waals surface area contributed by atoms with Crippen molar-refractivity contribution in [3.63, 3.8) is 0 Å². The molecule has 1 atom stereocenters. The molecule has 1 aliphatic rings. The average Bonchev–Trinajstić information content (AvgIpc) is 2.95. The average molecular weight is 310 g/mol. The number of carbonyl (C=O) groups excluding carboxylic acids is 2. The molecule has 1 saturated heterocycles. The summed E-state index contributed by atoms with van der Waals surface area (Å²) >= 11 is 1.35. The molecule has 0 radical (unpaired) electrons. The van der Waals surface area contributed by atoms with Crippen LogP contribution in [0.5, 0.6) is 0 Å². The zero-order valence-corrected chi connectivity index (χ0v) is 13.1. The number of nitrogens with one attached hydrogen (secondary N) is 2. The third kappa shape index (κ3) is 4.82. The first-order valence-electron chi connectivity index (χ1n) is 7.46. The van der Waals surface area contributed by atoms with Crippen LogP contribution in [0, 0.1) is 5.92 Å². The highest BCUT2D eigenvalue weighted by molar-refractivity contribution is 7.14. The van der Waals surface area contributed by atoms with Crippen molar-refractivity contribution >= 4 is 28.2 Å². The fourth-order valence-electron chi connectivity index (χ4n) is 2.47. The fourth-order valence-corrected chi connectivity index (χ4v) is 3.26. The molecule has 1 amide bonds. The van der Waals surface area contributed by atoms with E-state index in [1.54, 1.807) is 18.4 Å². The molecule has 0 aromatic carbocycles. The monoisotopic (exact) mass is 310 g/mol. The standard InChI is InChI=1S/C15H22N2O3S/c1-2-20-15(19)12-7-9-21-14(12)17-13(18)6-5-11-4-3-8-16-10-11/h7,9,11,16H,2-6,8,10H2,1H3,(H,17,18). The normalized spacial score (nSPS) is 18.2. The van der Waals surface area contributed by atoms with Crippen LogP contribution < -0.4 is 10.6 Å². The van der Waals surface area contributed by atoms with Crippen molar-refractivity contribution in [1.29, 1.82) is 0 Å². The molecule has 1 aliphatic heterocycles. The SMILES string of the molecule is CCOC(=O)c1ccsc1NC(=O)CCC1CCCNC1. The molecule has 0 saturated carbocycles. The molecule has 1 aromatic rings. The number of carbonyl (C=O) groups is 2. The molecule has 116 valence electrons. The van der Waals surface area contributed by atoms with Gasteiger partial charge in [0.1, 0.15) is 5.00 Å². The molecular weight excluding hydrogens is 288 g/mol. The Labute approximate surface area is 129 Å². The molecule has 0 spiro atoms. The largest absolute Gasteiger partial charge is 0.462 e. The van der Waals surface area contributed by atoms with Gasteiger partial charge in [0.05, 0.1) is 12.2 Å². The lowest BCUT2D eigenvalue weighted by molar-refractivity contribution is -0.116. The Hall–Kier alpha value is -1.40. The van der Waals surface area contributed by atoms with Crippen LogP contribution in [0.2, 0.25) is 0 Å². The van der Waals surface area contributed by atoms with Crippen molar-refractivity contribution in [2.45, 2.75) is 32.6 Å². The van der Waals surface area contributed by atoms with E-state index in [1.165, 1.54) is 24.2 Å². The Kier molecular flexibility index (Phi) is 6.20. The van der Waals surface area contributed by atoms with Crippen molar-refractivity contribution < 1.29 is 14.3 Å². The van der Waals surface area contributed by atoms with Crippen molar-refractivity contribution in [1.82, 2.24) is 5.32 Å². The van der Waals surface area contributed by atoms with Crippen LogP contribution in [-0.2, 0) is 9.53 Å². The molecular formula is C15H22N2O3S. The maximum Gasteiger partial charge on any atom is 0.341 e. The quantitative estimate of drug-likeness (QED) is 0.793. The zero-order chi connectivity index (χ0) is 15.1. The maximum atomic E-state index is 12.0. The van der Waals surface area contributed by atoms with Gasteiger partial charge in [0, 0.05) is 6.42 Å². The number of amides is 1. The van der Waals surface area contributed by atoms with Gasteiger partial charge in [-0.15, -0.1) is 11.3 Å². The molecule has 0 aliphatic carbocycles. The summed E-state index contributed by atoms with van der Waals surface area (Å²) in [5, 5.41) is 8.55. The molecule has 2 rings (SSSR count). The van der Waals surface area contributed by atoms with Crippen LogP contribution >= 0.6 is 11.3 Å². The predicted octanol–water partition coefficient (Wildman–Crippen LogP) is 2.64. The Morgan fingerprint density at radius 3 is 3.10 bits per heavy atom. The number of thiophene rings is 1. The van der Waals surface area contributed by atoms with Gasteiger partial charge in [-0.25, -0.2) is 4.79 Å². The Morgan fingerprint density at radius 2 is 2.38 bits per heavy atom. The van der Waals surface area contributed by atoms with Gasteiger partial charge in [0.15, 0.2) is 0 Å². The van der Waals surface area contributed by atoms with Crippen molar-refractivity contribution in [3.8, 4) is 0 Å². The molecule has 2 N–H and O–H groups in total. The highest BCUT2D eigenvalue weighted by atomic mass is 32.1. The summed E-state index contributed by atoms with van der Waals surface area (Å²) in [5.74, 6) is 0.163. The highest BCUT2D eigenvalue weighted by Crippen LogP contribution is 2.25. The number of hydrogen-bond donors (Lipinski definition) is 2. The van der Waals surface area contributed by atoms with E-state index in [4.69, 9.17) is 4.74 Å². The van der Waals surface area contributed by atoms with E-state index < -0.39 is 0 Å². The number of anilines is 1. The van der Waals surface area contributed by atoms with Gasteiger partial charge in [-0.05, 0) is 56.6 Å². The summed E-state index contributed by atoms with van der Waals surface area (Å²) in [6, 6.07) is 1.68. The van der Waals surface area contributed by atoms with E-state index in [0.29, 0.717) is 29.5 Å². The van der Waals surface area contributed by atoms with Crippen LogP contribution in [0.4, 0.5) is 5.00 Å². The second-order valence-corrected chi connectivity index (χ2v) is 6.10. The third-order valence-corrected chi connectivity index (χ3v) is 4.42. The van der Waals surface area contributed by atoms with E-state index >= 15 is 0 Å². The second-order valence-electron chi connectivity index (χ2n) is 5.18. The summed E-state index contributed by atoms with van der Waals surface area (Å²) in [6.45, 7) is 4.18. The van der Waals surface area contributed by atoms with Crippen molar-refractivity contribution in [2.75, 3.05) is 25.0 Å². The summed E-state index contributed by atoms with van der Waals surface area (Å²) in [4.78, 5) is 23.7. The fraction of sp³-hybridized carbons (Fsp3) is 0.600. The van der Waals surface area contributed by atoms with Crippen LogP contribution in [0.1, 0.15) is 43.0 Å². The minimum Gasteiger partial charge on any atom is -0.462 e. The Morgan fingerprint density at radius 1 is 1.52 bits per heavy atom. The summed E-state index contributed by atoms with van der Waals surface area (Å²) in [7, 11) is 0. The van der Waals surface area contributed by atoms with Gasteiger partial charge in [0.2, 0.25) is 5.91 Å². The minimum absolute atomic E-state index is 0.0337. The second kappa shape index (κ2) is 8.14. The van der Waals surface area contributed by atoms with E-state index in [2.05, 4.69) is 10.6 Å². The van der Waals surface area contributed by atoms with Crippen LogP contribution in [0.15, 0.2) is 11.4 Å². The number of piperidine rings is 1. The zero-order valence-electron chi connectivity index (χ0n) is 12.3. The van der Waals surface area contributed by atoms with Crippen LogP contribution in [0.3, 0.4) is 0 Å². The van der Waals surface area contributed by atoms with E-state index in [0.717, 1.165) is 19.5 Å². The Balaban J connectivity index is 1.82. The first-order chi connectivity index (χ1) is 10.2. The molecule has 0 bridgehead atoms. The lowest BCUT2D eigenvalue weighted by Crippen LogP contribution is -2.30. The Bertz CT molecular complexity index is 481. The first-order valence-corrected chi connectivity index (χ1v) is 8.34. The van der Waals surface area contributed by atoms with Gasteiger partial charge < -0.3 is 15.4 Å². The number of rotatable bonds is 6. The van der Waals surface area contributed by atoms with Gasteiger partial charge in [0.25, 0.3) is 0 Å². The van der Waals surface area contributed by atoms with Crippen LogP contribution in [-0.4, -0.2) is 31.6 Å². The molecule has 1 unspecified atom stereocenters. The van der Waals surface area contributed by atoms with Gasteiger partial charge in [-0.2, -0.15) is 0 Å². The van der Waals surface area contributed by atoms with Gasteiger partial charge in [-0.3, -0.25) is 4.79 Å². The van der Waals surface area contributed by atoms with Gasteiger partial charge in [-0.1, -0.05) is 0 Å². The topological polar surface area (TPSA) is 67.4 Å². The molecule has 5 nitrogen and oxygen atoms in total. The minimum atomic E-state index is -0.384. The van der Waals surface area contributed by atoms with E-state index in [-0.39, 0.29) is 11.9 Å². The van der Waals surface area contributed by atoms with E-state index in [9.17, 15) is 9.59 Å². The van der Waals surface area contributed by atoms with Crippen molar-refractivity contribution in [2.24, 2.45) is 5.92 Å². The smallest absolute Gasteiger partial charge is 0.341 e. The maximum absolute atomic E-state index is 12.0. The lowest BCUT2D eigenvalue weighted by Gasteiger charge is -2.22. The molecule has 1 fully saturated rings. The molecule has 6 heteroatoms. The predicted molar refractivity (Wildman–Crippen MR) is 83.7 cm³/mol. The summed E-state index contributed by atoms with van der Waals surface area (Å²) in [5.41, 5.74) is 0.439. The summed E-state index contributed by atoms with van der Waals surface area (Å²) in [6.07, 6.45) is 3.75. The third-order valence-electron chi connectivity index (χ3n) is 3.59. The van der Waals surface area contributed by atoms with Crippen molar-refractivity contribution in [3.05, 3.63) is 17.0 Å². The highest BCUT2D eigenvalue weighted by Gasteiger charge is 2.18. The molecule has 2 heterocycles. The number of ether oxygens (including phenoxy) is 1. The van der Waals surface area contributed by atoms with E-state index in [1.807, 2.05) is 0 Å².